The van der Waals surface area contributed by atoms with Crippen molar-refractivity contribution in [2.75, 3.05) is 45.9 Å². The Bertz CT molecular complexity index is 715. The van der Waals surface area contributed by atoms with E-state index in [0.29, 0.717) is 19.8 Å². The summed E-state index contributed by atoms with van der Waals surface area (Å²) in [6.07, 6.45) is -0.617. The van der Waals surface area contributed by atoms with Crippen molar-refractivity contribution in [2.45, 2.75) is 20.0 Å². The van der Waals surface area contributed by atoms with Gasteiger partial charge in [0.05, 0.1) is 19.3 Å². The number of rotatable bonds is 8. The average Bonchev–Trinajstić information content (AvgIpc) is 2.70. The van der Waals surface area contributed by atoms with Crippen LogP contribution in [0.1, 0.15) is 25.5 Å². The van der Waals surface area contributed by atoms with Gasteiger partial charge in [-0.25, -0.2) is 0 Å². The summed E-state index contributed by atoms with van der Waals surface area (Å²) >= 11 is 0. The van der Waals surface area contributed by atoms with Crippen LogP contribution in [0.3, 0.4) is 0 Å². The summed E-state index contributed by atoms with van der Waals surface area (Å²) in [6.45, 7) is 9.47. The molecule has 2 aromatic rings. The minimum Gasteiger partial charge on any atom is -0.493 e. The van der Waals surface area contributed by atoms with Crippen LogP contribution in [0.4, 0.5) is 0 Å². The van der Waals surface area contributed by atoms with E-state index in [1.165, 1.54) is 0 Å². The first-order valence-electron chi connectivity index (χ1n) is 9.83. The number of nitrogens with zero attached hydrogens (tertiary/aromatic N) is 1. The first-order chi connectivity index (χ1) is 13.2. The van der Waals surface area contributed by atoms with Crippen molar-refractivity contribution >= 4 is 0 Å². The molecule has 0 radical (unpaired) electrons. The Morgan fingerprint density at radius 3 is 2.33 bits per heavy atom. The fourth-order valence-corrected chi connectivity index (χ4v) is 3.47. The van der Waals surface area contributed by atoms with Crippen LogP contribution in [0.25, 0.3) is 11.1 Å². The maximum absolute atomic E-state index is 10.9. The molecule has 0 saturated carbocycles. The smallest absolute Gasteiger partial charge is 0.127 e. The number of hydrogen-bond donors (Lipinski definition) is 2. The summed E-state index contributed by atoms with van der Waals surface area (Å²) in [5.74, 6) is 1.50. The first-order valence-corrected chi connectivity index (χ1v) is 9.83. The number of nitrogens with one attached hydrogen (secondary N) is 1. The summed E-state index contributed by atoms with van der Waals surface area (Å²) < 4.78 is 11.8. The van der Waals surface area contributed by atoms with Crippen LogP contribution in [0, 0.1) is 0 Å². The lowest BCUT2D eigenvalue weighted by Gasteiger charge is -2.30. The highest BCUT2D eigenvalue weighted by Gasteiger charge is 2.22. The summed E-state index contributed by atoms with van der Waals surface area (Å²) in [5.41, 5.74) is 2.85. The Hall–Kier alpha value is -2.08. The maximum atomic E-state index is 10.9. The number of ether oxygens (including phenoxy) is 2. The second kappa shape index (κ2) is 9.74. The van der Waals surface area contributed by atoms with E-state index < -0.39 is 6.10 Å². The van der Waals surface area contributed by atoms with Crippen LogP contribution in [0.5, 0.6) is 11.5 Å². The third kappa shape index (κ3) is 5.01. The number of β-amino-alcohol motifs (C(OH)–C–C–N with tert-alkyl or cyclic N) is 1. The third-order valence-electron chi connectivity index (χ3n) is 4.80. The van der Waals surface area contributed by atoms with Gasteiger partial charge in [-0.1, -0.05) is 30.3 Å². The average molecular weight is 370 g/mol. The molecule has 5 heteroatoms. The molecule has 2 aromatic carbocycles. The molecule has 0 spiro atoms. The molecule has 1 fully saturated rings. The van der Waals surface area contributed by atoms with Crippen molar-refractivity contribution in [3.8, 4) is 22.6 Å². The molecule has 1 saturated heterocycles. The van der Waals surface area contributed by atoms with Gasteiger partial charge in [0, 0.05) is 43.9 Å². The van der Waals surface area contributed by atoms with E-state index in [9.17, 15) is 5.11 Å². The van der Waals surface area contributed by atoms with Crippen LogP contribution in [-0.4, -0.2) is 55.9 Å². The van der Waals surface area contributed by atoms with Gasteiger partial charge in [0.15, 0.2) is 0 Å². The molecule has 0 aliphatic carbocycles. The molecular weight excluding hydrogens is 340 g/mol. The fraction of sp³-hybridized carbons (Fsp3) is 0.455. The molecule has 2 N–H and O–H groups in total. The predicted molar refractivity (Wildman–Crippen MR) is 108 cm³/mol. The number of benzene rings is 2. The molecule has 27 heavy (non-hydrogen) atoms. The lowest BCUT2D eigenvalue weighted by molar-refractivity contribution is 0.102. The highest BCUT2D eigenvalue weighted by Crippen LogP contribution is 2.39. The van der Waals surface area contributed by atoms with Gasteiger partial charge in [-0.3, -0.25) is 4.90 Å². The van der Waals surface area contributed by atoms with Gasteiger partial charge in [0.1, 0.15) is 11.5 Å². The van der Waals surface area contributed by atoms with Gasteiger partial charge in [0.25, 0.3) is 0 Å². The number of piperazine rings is 1. The fourth-order valence-electron chi connectivity index (χ4n) is 3.47. The van der Waals surface area contributed by atoms with Crippen molar-refractivity contribution in [1.82, 2.24) is 10.2 Å². The summed E-state index contributed by atoms with van der Waals surface area (Å²) in [6, 6.07) is 14.1. The van der Waals surface area contributed by atoms with E-state index in [2.05, 4.69) is 22.3 Å². The van der Waals surface area contributed by atoms with Gasteiger partial charge >= 0.3 is 0 Å². The van der Waals surface area contributed by atoms with Gasteiger partial charge < -0.3 is 19.9 Å². The topological polar surface area (TPSA) is 54.0 Å². The molecule has 146 valence electrons. The molecule has 3 rings (SSSR count). The molecule has 1 atom stereocenters. The Labute approximate surface area is 161 Å². The van der Waals surface area contributed by atoms with E-state index in [1.807, 2.05) is 44.2 Å². The van der Waals surface area contributed by atoms with Crippen LogP contribution >= 0.6 is 0 Å². The Kier molecular flexibility index (Phi) is 7.10. The number of hydrogen-bond acceptors (Lipinski definition) is 5. The maximum Gasteiger partial charge on any atom is 0.127 e. The first kappa shape index (κ1) is 19.7. The normalized spacial score (nSPS) is 16.1. The molecule has 0 bridgehead atoms. The van der Waals surface area contributed by atoms with E-state index in [-0.39, 0.29) is 0 Å². The zero-order chi connectivity index (χ0) is 19.1. The SMILES string of the molecule is CCOc1cc(C(O)CN2CCNCC2)c(OCC)cc1-c1ccccc1. The molecule has 1 aliphatic heterocycles. The zero-order valence-electron chi connectivity index (χ0n) is 16.3. The molecule has 5 nitrogen and oxygen atoms in total. The predicted octanol–water partition coefficient (Wildman–Crippen LogP) is 3.09. The van der Waals surface area contributed by atoms with E-state index in [4.69, 9.17) is 9.47 Å². The zero-order valence-corrected chi connectivity index (χ0v) is 16.3. The van der Waals surface area contributed by atoms with Crippen LogP contribution < -0.4 is 14.8 Å². The molecule has 1 aliphatic rings. The minimum atomic E-state index is -0.617. The monoisotopic (exact) mass is 370 g/mol. The third-order valence-corrected chi connectivity index (χ3v) is 4.80. The van der Waals surface area contributed by atoms with Crippen molar-refractivity contribution in [3.05, 3.63) is 48.0 Å². The van der Waals surface area contributed by atoms with E-state index in [1.54, 1.807) is 0 Å². The molecule has 0 amide bonds. The van der Waals surface area contributed by atoms with Gasteiger partial charge in [-0.05, 0) is 31.5 Å². The number of aliphatic hydroxyl groups excluding tert-OH is 1. The minimum absolute atomic E-state index is 0.551. The Morgan fingerprint density at radius 1 is 1.00 bits per heavy atom. The Balaban J connectivity index is 1.95. The standard InChI is InChI=1S/C22H30N2O3/c1-3-26-21-15-19(20(25)16-24-12-10-23-11-13-24)22(27-4-2)14-18(21)17-8-6-5-7-9-17/h5-9,14-15,20,23,25H,3-4,10-13,16H2,1-2H3. The van der Waals surface area contributed by atoms with Crippen molar-refractivity contribution in [1.29, 1.82) is 0 Å². The van der Waals surface area contributed by atoms with Crippen molar-refractivity contribution in [2.24, 2.45) is 0 Å². The summed E-state index contributed by atoms with van der Waals surface area (Å²) in [5, 5.41) is 14.3. The van der Waals surface area contributed by atoms with E-state index >= 15 is 0 Å². The van der Waals surface area contributed by atoms with Gasteiger partial charge in [-0.15, -0.1) is 0 Å². The molecule has 1 heterocycles. The van der Waals surface area contributed by atoms with Crippen molar-refractivity contribution < 1.29 is 14.6 Å². The van der Waals surface area contributed by atoms with E-state index in [0.717, 1.165) is 54.4 Å². The second-order valence-electron chi connectivity index (χ2n) is 6.68. The van der Waals surface area contributed by atoms with Gasteiger partial charge in [0.2, 0.25) is 0 Å². The Morgan fingerprint density at radius 2 is 1.67 bits per heavy atom. The summed E-state index contributed by atoms with van der Waals surface area (Å²) in [4.78, 5) is 2.28. The summed E-state index contributed by atoms with van der Waals surface area (Å²) in [7, 11) is 0. The quantitative estimate of drug-likeness (QED) is 0.748. The van der Waals surface area contributed by atoms with Crippen LogP contribution in [0.2, 0.25) is 0 Å². The van der Waals surface area contributed by atoms with Gasteiger partial charge in [-0.2, -0.15) is 0 Å². The van der Waals surface area contributed by atoms with Crippen LogP contribution in [-0.2, 0) is 0 Å². The highest BCUT2D eigenvalue weighted by atomic mass is 16.5. The molecular formula is C22H30N2O3. The molecule has 1 unspecified atom stereocenters. The second-order valence-corrected chi connectivity index (χ2v) is 6.68. The molecule has 0 aromatic heterocycles. The largest absolute Gasteiger partial charge is 0.493 e. The highest BCUT2D eigenvalue weighted by molar-refractivity contribution is 5.73. The number of aliphatic hydroxyl groups is 1. The lowest BCUT2D eigenvalue weighted by atomic mass is 9.98. The van der Waals surface area contributed by atoms with Crippen LogP contribution in [0.15, 0.2) is 42.5 Å². The lowest BCUT2D eigenvalue weighted by Crippen LogP contribution is -2.45. The van der Waals surface area contributed by atoms with Crippen molar-refractivity contribution in [3.63, 3.8) is 0 Å².